The Bertz CT molecular complexity index is 754. The first-order valence-electron chi connectivity index (χ1n) is 7.32. The van der Waals surface area contributed by atoms with Crippen molar-refractivity contribution < 1.29 is 8.42 Å². The van der Waals surface area contributed by atoms with E-state index in [0.29, 0.717) is 11.4 Å². The van der Waals surface area contributed by atoms with Gasteiger partial charge in [0.1, 0.15) is 0 Å². The number of hydrogen-bond acceptors (Lipinski definition) is 2. The summed E-state index contributed by atoms with van der Waals surface area (Å²) in [7, 11) is -3.45. The van der Waals surface area contributed by atoms with Crippen LogP contribution in [-0.4, -0.2) is 19.3 Å². The summed E-state index contributed by atoms with van der Waals surface area (Å²) in [6.45, 7) is 2.62. The molecule has 1 atom stereocenters. The summed E-state index contributed by atoms with van der Waals surface area (Å²) < 4.78 is 28.3. The molecule has 0 amide bonds. The molecular formula is C17H18BrNO2S. The standard InChI is InChI=1S/C17H18BrNO2S/c1-13-4-6-14(7-5-13)17-3-2-12-19(17)22(20,21)16-10-8-15(18)9-11-16/h4-11,17H,2-3,12H2,1H3/t17-/m0/s1. The van der Waals surface area contributed by atoms with Crippen molar-refractivity contribution in [2.75, 3.05) is 6.54 Å². The van der Waals surface area contributed by atoms with Crippen molar-refractivity contribution in [3.8, 4) is 0 Å². The molecule has 0 radical (unpaired) electrons. The minimum absolute atomic E-state index is 0.0609. The molecule has 0 aliphatic carbocycles. The van der Waals surface area contributed by atoms with Gasteiger partial charge in [0, 0.05) is 11.0 Å². The topological polar surface area (TPSA) is 37.4 Å². The number of benzene rings is 2. The van der Waals surface area contributed by atoms with E-state index >= 15 is 0 Å². The molecule has 1 heterocycles. The average Bonchev–Trinajstić information content (AvgIpc) is 2.99. The molecule has 116 valence electrons. The van der Waals surface area contributed by atoms with Crippen molar-refractivity contribution in [3.05, 3.63) is 64.1 Å². The van der Waals surface area contributed by atoms with Crippen LogP contribution in [-0.2, 0) is 10.0 Å². The van der Waals surface area contributed by atoms with Crippen molar-refractivity contribution >= 4 is 26.0 Å². The molecule has 0 bridgehead atoms. The Labute approximate surface area is 140 Å². The van der Waals surface area contributed by atoms with Crippen molar-refractivity contribution in [1.29, 1.82) is 0 Å². The fourth-order valence-corrected chi connectivity index (χ4v) is 4.84. The molecule has 1 aliphatic rings. The molecule has 0 saturated carbocycles. The third-order valence-electron chi connectivity index (χ3n) is 4.09. The van der Waals surface area contributed by atoms with Gasteiger partial charge in [0.05, 0.1) is 10.9 Å². The maximum atomic E-state index is 12.9. The lowest BCUT2D eigenvalue weighted by molar-refractivity contribution is 0.396. The van der Waals surface area contributed by atoms with Gasteiger partial charge in [-0.25, -0.2) is 8.42 Å². The lowest BCUT2D eigenvalue weighted by Crippen LogP contribution is -2.30. The van der Waals surface area contributed by atoms with Gasteiger partial charge in [0.15, 0.2) is 0 Å². The highest BCUT2D eigenvalue weighted by molar-refractivity contribution is 9.10. The second kappa shape index (κ2) is 6.14. The highest BCUT2D eigenvalue weighted by atomic mass is 79.9. The van der Waals surface area contributed by atoms with Crippen LogP contribution in [0.2, 0.25) is 0 Å². The average molecular weight is 380 g/mol. The quantitative estimate of drug-likeness (QED) is 0.797. The van der Waals surface area contributed by atoms with Gasteiger partial charge in [-0.15, -0.1) is 0 Å². The first-order valence-corrected chi connectivity index (χ1v) is 9.56. The van der Waals surface area contributed by atoms with Gasteiger partial charge in [-0.1, -0.05) is 45.8 Å². The third kappa shape index (κ3) is 2.98. The maximum Gasteiger partial charge on any atom is 0.243 e. The van der Waals surface area contributed by atoms with Crippen LogP contribution < -0.4 is 0 Å². The lowest BCUT2D eigenvalue weighted by Gasteiger charge is -2.24. The monoisotopic (exact) mass is 379 g/mol. The van der Waals surface area contributed by atoms with Gasteiger partial charge in [0.2, 0.25) is 10.0 Å². The Morgan fingerprint density at radius 3 is 2.32 bits per heavy atom. The predicted molar refractivity (Wildman–Crippen MR) is 91.2 cm³/mol. The molecule has 1 aliphatic heterocycles. The first-order chi connectivity index (χ1) is 10.5. The van der Waals surface area contributed by atoms with Gasteiger partial charge < -0.3 is 0 Å². The second-order valence-electron chi connectivity index (χ2n) is 5.64. The molecule has 5 heteroatoms. The van der Waals surface area contributed by atoms with Crippen molar-refractivity contribution in [3.63, 3.8) is 0 Å². The molecule has 1 saturated heterocycles. The van der Waals surface area contributed by atoms with E-state index in [-0.39, 0.29) is 6.04 Å². The number of sulfonamides is 1. The summed E-state index contributed by atoms with van der Waals surface area (Å²) in [6.07, 6.45) is 1.77. The van der Waals surface area contributed by atoms with Crippen LogP contribution in [0.5, 0.6) is 0 Å². The number of hydrogen-bond donors (Lipinski definition) is 0. The highest BCUT2D eigenvalue weighted by Gasteiger charge is 2.35. The van der Waals surface area contributed by atoms with Gasteiger partial charge in [-0.3, -0.25) is 0 Å². The zero-order valence-electron chi connectivity index (χ0n) is 12.4. The van der Waals surface area contributed by atoms with E-state index in [1.54, 1.807) is 28.6 Å². The Balaban J connectivity index is 1.95. The van der Waals surface area contributed by atoms with Crippen LogP contribution in [0.3, 0.4) is 0 Å². The van der Waals surface area contributed by atoms with Crippen LogP contribution in [0.15, 0.2) is 57.9 Å². The molecule has 2 aromatic rings. The minimum atomic E-state index is -3.45. The summed E-state index contributed by atoms with van der Waals surface area (Å²) in [6, 6.07) is 14.9. The van der Waals surface area contributed by atoms with Crippen LogP contribution in [0.4, 0.5) is 0 Å². The fraction of sp³-hybridized carbons (Fsp3) is 0.294. The number of rotatable bonds is 3. The summed E-state index contributed by atoms with van der Waals surface area (Å²) in [4.78, 5) is 0.356. The molecular weight excluding hydrogens is 362 g/mol. The van der Waals surface area contributed by atoms with Gasteiger partial charge in [-0.05, 0) is 49.6 Å². The SMILES string of the molecule is Cc1ccc([C@@H]2CCCN2S(=O)(=O)c2ccc(Br)cc2)cc1. The lowest BCUT2D eigenvalue weighted by atomic mass is 10.0. The normalized spacial score (nSPS) is 19.5. The smallest absolute Gasteiger partial charge is 0.207 e. The zero-order valence-corrected chi connectivity index (χ0v) is 14.8. The van der Waals surface area contributed by atoms with Gasteiger partial charge >= 0.3 is 0 Å². The number of halogens is 1. The predicted octanol–water partition coefficient (Wildman–Crippen LogP) is 4.28. The Morgan fingerprint density at radius 2 is 1.68 bits per heavy atom. The number of aryl methyl sites for hydroxylation is 1. The van der Waals surface area contributed by atoms with E-state index in [4.69, 9.17) is 0 Å². The number of nitrogens with zero attached hydrogens (tertiary/aromatic N) is 1. The molecule has 0 aromatic heterocycles. The molecule has 2 aromatic carbocycles. The van der Waals surface area contributed by atoms with Crippen LogP contribution in [0.1, 0.15) is 30.0 Å². The summed E-state index contributed by atoms with van der Waals surface area (Å²) in [5, 5.41) is 0. The van der Waals surface area contributed by atoms with E-state index in [9.17, 15) is 8.42 Å². The summed E-state index contributed by atoms with van der Waals surface area (Å²) in [5.74, 6) is 0. The highest BCUT2D eigenvalue weighted by Crippen LogP contribution is 2.36. The molecule has 3 rings (SSSR count). The zero-order chi connectivity index (χ0) is 15.7. The van der Waals surface area contributed by atoms with E-state index in [0.717, 1.165) is 22.9 Å². The van der Waals surface area contributed by atoms with Crippen LogP contribution >= 0.6 is 15.9 Å². The Morgan fingerprint density at radius 1 is 1.05 bits per heavy atom. The Kier molecular flexibility index (Phi) is 4.39. The molecule has 0 unspecified atom stereocenters. The largest absolute Gasteiger partial charge is 0.243 e. The second-order valence-corrected chi connectivity index (χ2v) is 8.44. The van der Waals surface area contributed by atoms with Gasteiger partial charge in [-0.2, -0.15) is 4.31 Å². The van der Waals surface area contributed by atoms with E-state index in [1.807, 2.05) is 31.2 Å². The van der Waals surface area contributed by atoms with Gasteiger partial charge in [0.25, 0.3) is 0 Å². The third-order valence-corrected chi connectivity index (χ3v) is 6.54. The molecule has 3 nitrogen and oxygen atoms in total. The maximum absolute atomic E-state index is 12.9. The van der Waals surface area contributed by atoms with Crippen molar-refractivity contribution in [2.45, 2.75) is 30.7 Å². The minimum Gasteiger partial charge on any atom is -0.207 e. The summed E-state index contributed by atoms with van der Waals surface area (Å²) in [5.41, 5.74) is 2.26. The van der Waals surface area contributed by atoms with Crippen LogP contribution in [0.25, 0.3) is 0 Å². The first kappa shape index (κ1) is 15.7. The van der Waals surface area contributed by atoms with Crippen LogP contribution in [0, 0.1) is 6.92 Å². The molecule has 1 fully saturated rings. The molecule has 22 heavy (non-hydrogen) atoms. The fourth-order valence-electron chi connectivity index (χ4n) is 2.89. The molecule has 0 spiro atoms. The molecule has 0 N–H and O–H groups in total. The van der Waals surface area contributed by atoms with E-state index in [1.165, 1.54) is 5.56 Å². The van der Waals surface area contributed by atoms with Crippen molar-refractivity contribution in [1.82, 2.24) is 4.31 Å². The Hall–Kier alpha value is -1.17. The van der Waals surface area contributed by atoms with E-state index < -0.39 is 10.0 Å². The van der Waals surface area contributed by atoms with Crippen molar-refractivity contribution in [2.24, 2.45) is 0 Å². The summed E-state index contributed by atoms with van der Waals surface area (Å²) >= 11 is 3.34. The van der Waals surface area contributed by atoms with E-state index in [2.05, 4.69) is 15.9 Å².